The maximum absolute atomic E-state index is 11.0. The Morgan fingerprint density at radius 3 is 2.84 bits per heavy atom. The fraction of sp³-hybridized carbons (Fsp3) is 0.227. The quantitative estimate of drug-likeness (QED) is 0.343. The van der Waals surface area contributed by atoms with Gasteiger partial charge in [-0.3, -0.25) is 0 Å². The van der Waals surface area contributed by atoms with Gasteiger partial charge in [-0.1, -0.05) is 5.92 Å². The summed E-state index contributed by atoms with van der Waals surface area (Å²) in [6.45, 7) is -0.113. The second-order valence-electron chi connectivity index (χ2n) is 7.55. The molecule has 0 saturated carbocycles. The van der Waals surface area contributed by atoms with Crippen molar-refractivity contribution < 1.29 is 19.7 Å². The molecule has 6 N–H and O–H groups in total. The number of nitrogens with two attached hydrogens (primary N) is 2. The van der Waals surface area contributed by atoms with Crippen LogP contribution in [0.3, 0.4) is 0 Å². The lowest BCUT2D eigenvalue weighted by atomic mass is 9.93. The summed E-state index contributed by atoms with van der Waals surface area (Å²) in [5, 5.41) is 23.4. The number of nitrogen functional groups attached to an aromatic ring is 2. The van der Waals surface area contributed by atoms with Crippen LogP contribution < -0.4 is 16.2 Å². The van der Waals surface area contributed by atoms with Gasteiger partial charge in [-0.05, 0) is 30.3 Å². The molecule has 0 aliphatic carbocycles. The zero-order chi connectivity index (χ0) is 22.5. The van der Waals surface area contributed by atoms with Gasteiger partial charge in [-0.2, -0.15) is 0 Å². The maximum Gasteiger partial charge on any atom is 0.185 e. The summed E-state index contributed by atoms with van der Waals surface area (Å²) in [5.41, 5.74) is 10.8. The van der Waals surface area contributed by atoms with Gasteiger partial charge in [0, 0.05) is 17.6 Å². The van der Waals surface area contributed by atoms with E-state index in [4.69, 9.17) is 27.4 Å². The molecular formula is C22H20N6O4. The number of aliphatic hydroxyl groups is 2. The Morgan fingerprint density at radius 1 is 1.22 bits per heavy atom. The van der Waals surface area contributed by atoms with Gasteiger partial charge in [-0.25, -0.2) is 15.0 Å². The van der Waals surface area contributed by atoms with Gasteiger partial charge < -0.3 is 35.7 Å². The number of anilines is 2. The Kier molecular flexibility index (Phi) is 4.60. The fourth-order valence-electron chi connectivity index (χ4n) is 3.89. The van der Waals surface area contributed by atoms with Crippen molar-refractivity contribution in [2.75, 3.05) is 18.1 Å². The van der Waals surface area contributed by atoms with Gasteiger partial charge in [0.1, 0.15) is 48.2 Å². The lowest BCUT2D eigenvalue weighted by molar-refractivity contribution is -0.0554. The number of rotatable bonds is 4. The zero-order valence-electron chi connectivity index (χ0n) is 16.8. The molecule has 4 aromatic rings. The number of nitrogens with zero attached hydrogens (tertiary/aromatic N) is 4. The van der Waals surface area contributed by atoms with Crippen LogP contribution >= 0.6 is 0 Å². The minimum Gasteiger partial charge on any atom is -0.491 e. The molecular weight excluding hydrogens is 412 g/mol. The first-order valence-electron chi connectivity index (χ1n) is 9.80. The Labute approximate surface area is 182 Å². The van der Waals surface area contributed by atoms with Crippen LogP contribution in [0.2, 0.25) is 0 Å². The highest BCUT2D eigenvalue weighted by atomic mass is 16.6. The number of fused-ring (bicyclic) bond motifs is 2. The molecule has 1 aromatic carbocycles. The molecule has 3 aromatic heterocycles. The molecule has 0 spiro atoms. The predicted molar refractivity (Wildman–Crippen MR) is 117 cm³/mol. The molecule has 10 heteroatoms. The number of terminal acetylenes is 1. The first kappa shape index (κ1) is 20.0. The van der Waals surface area contributed by atoms with Crippen molar-refractivity contribution >= 4 is 33.6 Å². The van der Waals surface area contributed by atoms with Crippen molar-refractivity contribution in [3.05, 3.63) is 48.9 Å². The van der Waals surface area contributed by atoms with Crippen molar-refractivity contribution in [2.45, 2.75) is 24.0 Å². The van der Waals surface area contributed by atoms with Crippen LogP contribution in [0.1, 0.15) is 6.23 Å². The Hall–Kier alpha value is -3.91. The molecule has 0 radical (unpaired) electrons. The monoisotopic (exact) mass is 432 g/mol. The predicted octanol–water partition coefficient (Wildman–Crippen LogP) is 0.846. The van der Waals surface area contributed by atoms with Gasteiger partial charge in [0.2, 0.25) is 0 Å². The van der Waals surface area contributed by atoms with E-state index >= 15 is 0 Å². The molecule has 1 unspecified atom stereocenters. The normalized spacial score (nSPS) is 25.2. The van der Waals surface area contributed by atoms with E-state index in [1.54, 1.807) is 35.0 Å². The third-order valence-corrected chi connectivity index (χ3v) is 5.65. The van der Waals surface area contributed by atoms with E-state index in [1.165, 1.54) is 6.33 Å². The molecule has 162 valence electrons. The number of ether oxygens (including phenoxy) is 2. The second kappa shape index (κ2) is 7.35. The standard InChI is InChI=1S/C22H20N6O4/c1-2-22(30)16(10-31-13-5-3-12-4-6-17(23)27-15(12)9-13)32-21(18(22)29)28-8-7-14-19(24)25-11-26-20(14)28/h1,3-9,11,16,18,21,29-30H,10H2,(H2,23,27)(H2,24,25,26)/t16-,18+,21?,22-/m1/s1. The molecule has 1 aliphatic rings. The van der Waals surface area contributed by atoms with Crippen LogP contribution in [0.25, 0.3) is 21.9 Å². The summed E-state index contributed by atoms with van der Waals surface area (Å²) in [5.74, 6) is 3.44. The van der Waals surface area contributed by atoms with E-state index in [2.05, 4.69) is 20.9 Å². The minimum atomic E-state index is -1.99. The third-order valence-electron chi connectivity index (χ3n) is 5.65. The average Bonchev–Trinajstić information content (AvgIpc) is 3.32. The fourth-order valence-corrected chi connectivity index (χ4v) is 3.89. The molecule has 0 amide bonds. The highest BCUT2D eigenvalue weighted by Gasteiger charge is 2.55. The zero-order valence-corrected chi connectivity index (χ0v) is 16.8. The summed E-state index contributed by atoms with van der Waals surface area (Å²) in [7, 11) is 0. The lowest BCUT2D eigenvalue weighted by Gasteiger charge is -2.25. The number of hydrogen-bond acceptors (Lipinski definition) is 9. The minimum absolute atomic E-state index is 0.113. The van der Waals surface area contributed by atoms with Gasteiger partial charge in [0.15, 0.2) is 11.8 Å². The van der Waals surface area contributed by atoms with Gasteiger partial charge >= 0.3 is 0 Å². The Balaban J connectivity index is 1.41. The highest BCUT2D eigenvalue weighted by Crippen LogP contribution is 2.39. The molecule has 0 bridgehead atoms. The largest absolute Gasteiger partial charge is 0.491 e. The van der Waals surface area contributed by atoms with Crippen LogP contribution in [0, 0.1) is 12.3 Å². The highest BCUT2D eigenvalue weighted by molar-refractivity contribution is 5.86. The second-order valence-corrected chi connectivity index (χ2v) is 7.55. The topological polar surface area (TPSA) is 155 Å². The summed E-state index contributed by atoms with van der Waals surface area (Å²) in [6, 6.07) is 10.6. The molecule has 10 nitrogen and oxygen atoms in total. The molecule has 4 atom stereocenters. The maximum atomic E-state index is 11.0. The van der Waals surface area contributed by atoms with Crippen LogP contribution in [0.5, 0.6) is 5.75 Å². The van der Waals surface area contributed by atoms with E-state index in [9.17, 15) is 10.2 Å². The Bertz CT molecular complexity index is 1370. The van der Waals surface area contributed by atoms with Crippen molar-refractivity contribution in [3.63, 3.8) is 0 Å². The SMILES string of the molecule is C#C[C@@]1(O)[C@@H](COc2ccc3ccc(N)nc3c2)OC(n2ccc3c(N)ncnc32)[C@@H]1O. The summed E-state index contributed by atoms with van der Waals surface area (Å²) in [4.78, 5) is 12.4. The van der Waals surface area contributed by atoms with Crippen LogP contribution in [0.4, 0.5) is 11.6 Å². The first-order valence-corrected chi connectivity index (χ1v) is 9.80. The van der Waals surface area contributed by atoms with E-state index in [0.717, 1.165) is 5.39 Å². The van der Waals surface area contributed by atoms with E-state index in [1.807, 2.05) is 12.1 Å². The number of benzene rings is 1. The van der Waals surface area contributed by atoms with E-state index in [0.29, 0.717) is 33.9 Å². The van der Waals surface area contributed by atoms with Crippen molar-refractivity contribution in [1.29, 1.82) is 0 Å². The van der Waals surface area contributed by atoms with Gasteiger partial charge in [-0.15, -0.1) is 6.42 Å². The number of hydrogen-bond donors (Lipinski definition) is 4. The van der Waals surface area contributed by atoms with Crippen molar-refractivity contribution in [3.8, 4) is 18.1 Å². The van der Waals surface area contributed by atoms with Crippen molar-refractivity contribution in [1.82, 2.24) is 19.5 Å². The molecule has 1 aliphatic heterocycles. The lowest BCUT2D eigenvalue weighted by Crippen LogP contribution is -2.48. The smallest absolute Gasteiger partial charge is 0.185 e. The molecule has 4 heterocycles. The molecule has 5 rings (SSSR count). The first-order chi connectivity index (χ1) is 15.4. The van der Waals surface area contributed by atoms with Crippen LogP contribution in [-0.4, -0.2) is 54.1 Å². The number of pyridine rings is 1. The average molecular weight is 432 g/mol. The van der Waals surface area contributed by atoms with Crippen LogP contribution in [-0.2, 0) is 4.74 Å². The number of aliphatic hydroxyl groups excluding tert-OH is 1. The number of aromatic nitrogens is 4. The summed E-state index contributed by atoms with van der Waals surface area (Å²) < 4.78 is 13.3. The summed E-state index contributed by atoms with van der Waals surface area (Å²) >= 11 is 0. The molecule has 1 saturated heterocycles. The molecule has 1 fully saturated rings. The van der Waals surface area contributed by atoms with Gasteiger partial charge in [0.25, 0.3) is 0 Å². The third kappa shape index (κ3) is 3.07. The van der Waals surface area contributed by atoms with E-state index < -0.39 is 24.0 Å². The van der Waals surface area contributed by atoms with Crippen LogP contribution in [0.15, 0.2) is 48.9 Å². The molecule has 32 heavy (non-hydrogen) atoms. The van der Waals surface area contributed by atoms with Gasteiger partial charge in [0.05, 0.1) is 10.9 Å². The summed E-state index contributed by atoms with van der Waals surface area (Å²) in [6.07, 6.45) is 5.07. The Morgan fingerprint density at radius 2 is 2.03 bits per heavy atom. The van der Waals surface area contributed by atoms with E-state index in [-0.39, 0.29) is 6.61 Å². The van der Waals surface area contributed by atoms with Crippen molar-refractivity contribution in [2.24, 2.45) is 0 Å².